The average molecular weight is 226 g/mol. The van der Waals surface area contributed by atoms with Crippen LogP contribution in [0.5, 0.6) is 0 Å². The third-order valence-electron chi connectivity index (χ3n) is 3.15. The number of hydrogen-bond donors (Lipinski definition) is 0. The van der Waals surface area contributed by atoms with Crippen LogP contribution in [0.3, 0.4) is 0 Å². The second-order valence-corrected chi connectivity index (χ2v) is 5.12. The largest absolute Gasteiger partial charge is 0.344 e. The van der Waals surface area contributed by atoms with Gasteiger partial charge in [-0.05, 0) is 27.8 Å². The fourth-order valence-corrected chi connectivity index (χ4v) is 2.67. The maximum absolute atomic E-state index is 4.44. The van der Waals surface area contributed by atoms with Crippen LogP contribution in [0.4, 0.5) is 5.13 Å². The monoisotopic (exact) mass is 226 g/mol. The van der Waals surface area contributed by atoms with Crippen molar-refractivity contribution in [2.24, 2.45) is 0 Å². The van der Waals surface area contributed by atoms with Gasteiger partial charge < -0.3 is 4.90 Å². The van der Waals surface area contributed by atoms with E-state index in [4.69, 9.17) is 0 Å². The van der Waals surface area contributed by atoms with Crippen LogP contribution in [0.25, 0.3) is 0 Å². The number of piperazine rings is 1. The van der Waals surface area contributed by atoms with Gasteiger partial charge in [0.25, 0.3) is 0 Å². The number of rotatable bonds is 1. The van der Waals surface area contributed by atoms with Crippen molar-refractivity contribution >= 4 is 16.7 Å². The third-order valence-corrected chi connectivity index (χ3v) is 4.02. The topological polar surface area (TPSA) is 32.3 Å². The van der Waals surface area contributed by atoms with Gasteiger partial charge in [0.1, 0.15) is 5.82 Å². The molecule has 2 atom stereocenters. The molecule has 2 rings (SSSR count). The van der Waals surface area contributed by atoms with Gasteiger partial charge in [0, 0.05) is 36.7 Å². The number of anilines is 1. The molecule has 15 heavy (non-hydrogen) atoms. The second-order valence-electron chi connectivity index (χ2n) is 4.39. The standard InChI is InChI=1S/C10H18N4S/c1-7-5-14(6-8(2)13(7)4)10-11-9(3)12-15-10/h7-8H,5-6H2,1-4H3. The first-order valence-corrected chi connectivity index (χ1v) is 6.12. The van der Waals surface area contributed by atoms with Gasteiger partial charge in [0.05, 0.1) is 0 Å². The molecule has 0 spiro atoms. The Morgan fingerprint density at radius 3 is 2.33 bits per heavy atom. The van der Waals surface area contributed by atoms with Crippen molar-refractivity contribution in [1.29, 1.82) is 0 Å². The fraction of sp³-hybridized carbons (Fsp3) is 0.800. The lowest BCUT2D eigenvalue weighted by molar-refractivity contribution is 0.170. The SMILES string of the molecule is Cc1nsc(N2CC(C)N(C)C(C)C2)n1. The molecule has 1 fully saturated rings. The van der Waals surface area contributed by atoms with E-state index >= 15 is 0 Å². The minimum Gasteiger partial charge on any atom is -0.344 e. The van der Waals surface area contributed by atoms with Crippen LogP contribution in [0.1, 0.15) is 19.7 Å². The summed E-state index contributed by atoms with van der Waals surface area (Å²) in [6, 6.07) is 1.16. The summed E-state index contributed by atoms with van der Waals surface area (Å²) < 4.78 is 4.24. The molecule has 4 nitrogen and oxygen atoms in total. The molecule has 1 aliphatic heterocycles. The van der Waals surface area contributed by atoms with E-state index in [0.29, 0.717) is 12.1 Å². The van der Waals surface area contributed by atoms with Crippen LogP contribution < -0.4 is 4.90 Å². The van der Waals surface area contributed by atoms with Crippen molar-refractivity contribution in [3.8, 4) is 0 Å². The van der Waals surface area contributed by atoms with E-state index in [-0.39, 0.29) is 0 Å². The van der Waals surface area contributed by atoms with E-state index in [9.17, 15) is 0 Å². The predicted molar refractivity (Wildman–Crippen MR) is 63.5 cm³/mol. The van der Waals surface area contributed by atoms with Gasteiger partial charge in [-0.2, -0.15) is 4.37 Å². The molecule has 0 N–H and O–H groups in total. The lowest BCUT2D eigenvalue weighted by atomic mass is 10.1. The number of aryl methyl sites for hydroxylation is 1. The van der Waals surface area contributed by atoms with Gasteiger partial charge in [-0.15, -0.1) is 0 Å². The summed E-state index contributed by atoms with van der Waals surface area (Å²) in [7, 11) is 2.19. The molecule has 0 radical (unpaired) electrons. The number of hydrogen-bond acceptors (Lipinski definition) is 5. The van der Waals surface area contributed by atoms with E-state index in [0.717, 1.165) is 24.0 Å². The zero-order valence-electron chi connectivity index (χ0n) is 9.77. The van der Waals surface area contributed by atoms with Gasteiger partial charge in [0.2, 0.25) is 5.13 Å². The van der Waals surface area contributed by atoms with Crippen LogP contribution in [0.2, 0.25) is 0 Å². The van der Waals surface area contributed by atoms with Crippen LogP contribution >= 0.6 is 11.5 Å². The lowest BCUT2D eigenvalue weighted by Crippen LogP contribution is -2.55. The Balaban J connectivity index is 2.12. The zero-order chi connectivity index (χ0) is 11.0. The van der Waals surface area contributed by atoms with Crippen molar-refractivity contribution in [2.45, 2.75) is 32.9 Å². The van der Waals surface area contributed by atoms with Crippen molar-refractivity contribution < 1.29 is 0 Å². The number of likely N-dealkylation sites (N-methyl/N-ethyl adjacent to an activating group) is 1. The highest BCUT2D eigenvalue weighted by atomic mass is 32.1. The Bertz CT molecular complexity index is 326. The minimum absolute atomic E-state index is 0.581. The first-order chi connectivity index (χ1) is 7.08. The molecule has 0 amide bonds. The Hall–Kier alpha value is -0.680. The molecule has 0 aromatic carbocycles. The molecular weight excluding hydrogens is 208 g/mol. The van der Waals surface area contributed by atoms with E-state index in [1.165, 1.54) is 11.5 Å². The Morgan fingerprint density at radius 1 is 1.27 bits per heavy atom. The first-order valence-electron chi connectivity index (χ1n) is 5.35. The van der Waals surface area contributed by atoms with Crippen LogP contribution in [0, 0.1) is 6.92 Å². The van der Waals surface area contributed by atoms with E-state index in [1.807, 2.05) is 6.92 Å². The number of nitrogens with zero attached hydrogens (tertiary/aromatic N) is 4. The van der Waals surface area contributed by atoms with Crippen molar-refractivity contribution in [1.82, 2.24) is 14.3 Å². The lowest BCUT2D eigenvalue weighted by Gasteiger charge is -2.42. The minimum atomic E-state index is 0.581. The third kappa shape index (κ3) is 2.13. The Kier molecular flexibility index (Phi) is 2.93. The second kappa shape index (κ2) is 4.06. The maximum atomic E-state index is 4.44. The summed E-state index contributed by atoms with van der Waals surface area (Å²) in [4.78, 5) is 9.21. The van der Waals surface area contributed by atoms with Crippen molar-refractivity contribution in [3.63, 3.8) is 0 Å². The Labute approximate surface area is 95.1 Å². The quantitative estimate of drug-likeness (QED) is 0.724. The highest BCUT2D eigenvalue weighted by Crippen LogP contribution is 2.22. The molecule has 1 aliphatic rings. The normalized spacial score (nSPS) is 28.4. The summed E-state index contributed by atoms with van der Waals surface area (Å²) in [6.45, 7) is 8.57. The van der Waals surface area contributed by atoms with Crippen molar-refractivity contribution in [3.05, 3.63) is 5.82 Å². The molecule has 0 aliphatic carbocycles. The van der Waals surface area contributed by atoms with E-state index in [2.05, 4.69) is 40.1 Å². The Morgan fingerprint density at radius 2 is 1.87 bits per heavy atom. The van der Waals surface area contributed by atoms with Crippen LogP contribution in [-0.2, 0) is 0 Å². The molecule has 2 heterocycles. The zero-order valence-corrected chi connectivity index (χ0v) is 10.6. The van der Waals surface area contributed by atoms with Gasteiger partial charge in [-0.3, -0.25) is 4.90 Å². The molecule has 1 saturated heterocycles. The molecular formula is C10H18N4S. The van der Waals surface area contributed by atoms with E-state index < -0.39 is 0 Å². The maximum Gasteiger partial charge on any atom is 0.205 e. The highest BCUT2D eigenvalue weighted by molar-refractivity contribution is 7.09. The van der Waals surface area contributed by atoms with Gasteiger partial charge in [0.15, 0.2) is 0 Å². The van der Waals surface area contributed by atoms with E-state index in [1.54, 1.807) is 0 Å². The molecule has 0 saturated carbocycles. The average Bonchev–Trinajstić information content (AvgIpc) is 2.60. The molecule has 0 bridgehead atoms. The summed E-state index contributed by atoms with van der Waals surface area (Å²) in [5.41, 5.74) is 0. The molecule has 2 unspecified atom stereocenters. The van der Waals surface area contributed by atoms with Crippen LogP contribution in [-0.4, -0.2) is 46.5 Å². The molecule has 1 aromatic heterocycles. The summed E-state index contributed by atoms with van der Waals surface area (Å²) >= 11 is 1.51. The fourth-order valence-electron chi connectivity index (χ4n) is 1.98. The van der Waals surface area contributed by atoms with Crippen LogP contribution in [0.15, 0.2) is 0 Å². The van der Waals surface area contributed by atoms with Gasteiger partial charge in [-0.25, -0.2) is 4.98 Å². The summed E-state index contributed by atoms with van der Waals surface area (Å²) in [5.74, 6) is 0.884. The van der Waals surface area contributed by atoms with Crippen molar-refractivity contribution in [2.75, 3.05) is 25.0 Å². The molecule has 1 aromatic rings. The summed E-state index contributed by atoms with van der Waals surface area (Å²) in [6.07, 6.45) is 0. The molecule has 84 valence electrons. The predicted octanol–water partition coefficient (Wildman–Crippen LogP) is 1.38. The van der Waals surface area contributed by atoms with Gasteiger partial charge in [-0.1, -0.05) is 0 Å². The first kappa shape index (κ1) is 10.8. The number of aromatic nitrogens is 2. The molecule has 5 heteroatoms. The summed E-state index contributed by atoms with van der Waals surface area (Å²) in [5, 5.41) is 1.07. The highest BCUT2D eigenvalue weighted by Gasteiger charge is 2.27. The van der Waals surface area contributed by atoms with Gasteiger partial charge >= 0.3 is 0 Å². The smallest absolute Gasteiger partial charge is 0.205 e.